The molecule has 2 aromatic rings. The van der Waals surface area contributed by atoms with Crippen LogP contribution in [0.2, 0.25) is 0 Å². The molecular weight excluding hydrogens is 467 g/mol. The SMILES string of the molecule is C[C@@H]1CN([C@@H](C)CO)C(=O)c2cc(C#C[C@@H](C)O)cnc2O[C@@H]1CN(C)C(=O)Nc1ccc(F)cc1. The van der Waals surface area contributed by atoms with Gasteiger partial charge < -0.3 is 30.1 Å². The van der Waals surface area contributed by atoms with E-state index in [1.165, 1.54) is 42.3 Å². The van der Waals surface area contributed by atoms with Crippen molar-refractivity contribution >= 4 is 17.6 Å². The Bertz CT molecular complexity index is 1150. The topological polar surface area (TPSA) is 115 Å². The average molecular weight is 499 g/mol. The summed E-state index contributed by atoms with van der Waals surface area (Å²) in [6.07, 6.45) is 0.0816. The number of urea groups is 1. The molecule has 0 fully saturated rings. The number of rotatable bonds is 5. The van der Waals surface area contributed by atoms with Crippen molar-refractivity contribution in [1.82, 2.24) is 14.8 Å². The Morgan fingerprint density at radius 2 is 2.06 bits per heavy atom. The van der Waals surface area contributed by atoms with Crippen molar-refractivity contribution < 1.29 is 28.9 Å². The van der Waals surface area contributed by atoms with Crippen LogP contribution in [0.4, 0.5) is 14.9 Å². The van der Waals surface area contributed by atoms with E-state index in [1.807, 2.05) is 6.92 Å². The largest absolute Gasteiger partial charge is 0.472 e. The monoisotopic (exact) mass is 498 g/mol. The quantitative estimate of drug-likeness (QED) is 0.545. The lowest BCUT2D eigenvalue weighted by atomic mass is 10.00. The number of amides is 3. The molecule has 3 rings (SSSR count). The van der Waals surface area contributed by atoms with Gasteiger partial charge in [0.15, 0.2) is 0 Å². The molecule has 2 heterocycles. The maximum Gasteiger partial charge on any atom is 0.321 e. The summed E-state index contributed by atoms with van der Waals surface area (Å²) in [5, 5.41) is 21.9. The van der Waals surface area contributed by atoms with Gasteiger partial charge in [-0.2, -0.15) is 0 Å². The molecule has 1 aromatic heterocycles. The van der Waals surface area contributed by atoms with Crippen LogP contribution in [0.25, 0.3) is 0 Å². The first-order valence-electron chi connectivity index (χ1n) is 11.6. The molecule has 1 aromatic carbocycles. The van der Waals surface area contributed by atoms with E-state index in [0.29, 0.717) is 11.3 Å². The Kier molecular flexibility index (Phi) is 8.85. The zero-order valence-corrected chi connectivity index (χ0v) is 20.7. The number of nitrogens with zero attached hydrogens (tertiary/aromatic N) is 3. The van der Waals surface area contributed by atoms with Crippen molar-refractivity contribution in [2.45, 2.75) is 39.0 Å². The van der Waals surface area contributed by atoms with Crippen molar-refractivity contribution in [2.24, 2.45) is 5.92 Å². The number of ether oxygens (including phenoxy) is 1. The van der Waals surface area contributed by atoms with Gasteiger partial charge in [0.1, 0.15) is 23.6 Å². The molecule has 1 aliphatic heterocycles. The highest BCUT2D eigenvalue weighted by atomic mass is 19.1. The van der Waals surface area contributed by atoms with E-state index in [4.69, 9.17) is 4.74 Å². The van der Waals surface area contributed by atoms with Crippen molar-refractivity contribution in [3.05, 3.63) is 53.5 Å². The maximum absolute atomic E-state index is 13.4. The molecule has 0 radical (unpaired) electrons. The van der Waals surface area contributed by atoms with Crippen LogP contribution in [0.3, 0.4) is 0 Å². The van der Waals surface area contributed by atoms with Crippen LogP contribution < -0.4 is 10.1 Å². The molecule has 3 amide bonds. The van der Waals surface area contributed by atoms with E-state index >= 15 is 0 Å². The number of carbonyl (C=O) groups is 2. The van der Waals surface area contributed by atoms with Crippen LogP contribution in [0, 0.1) is 23.6 Å². The number of nitrogens with one attached hydrogen (secondary N) is 1. The Labute approximate surface area is 209 Å². The van der Waals surface area contributed by atoms with Gasteiger partial charge in [0.2, 0.25) is 5.88 Å². The Morgan fingerprint density at radius 1 is 1.36 bits per heavy atom. The summed E-state index contributed by atoms with van der Waals surface area (Å²) in [7, 11) is 1.61. The van der Waals surface area contributed by atoms with Crippen LogP contribution in [-0.2, 0) is 0 Å². The smallest absolute Gasteiger partial charge is 0.321 e. The molecule has 10 heteroatoms. The van der Waals surface area contributed by atoms with Gasteiger partial charge in [0.25, 0.3) is 5.91 Å². The lowest BCUT2D eigenvalue weighted by molar-refractivity contribution is 0.0356. The Hall–Kier alpha value is -3.68. The lowest BCUT2D eigenvalue weighted by Crippen LogP contribution is -2.50. The van der Waals surface area contributed by atoms with Crippen LogP contribution in [0.1, 0.15) is 36.7 Å². The number of aliphatic hydroxyl groups excluding tert-OH is 2. The van der Waals surface area contributed by atoms with Crippen LogP contribution in [0.5, 0.6) is 5.88 Å². The standard InChI is InChI=1S/C26H31FN4O5/c1-16-13-31(17(2)15-32)25(34)22-11-19(6-5-18(3)33)12-28-24(22)36-23(16)14-30(4)26(35)29-21-9-7-20(27)8-10-21/h7-12,16-18,23,32-33H,13-15H2,1-4H3,(H,29,35)/t16-,17+,18-,23-/m1/s1. The molecule has 9 nitrogen and oxygen atoms in total. The first-order valence-corrected chi connectivity index (χ1v) is 11.6. The van der Waals surface area contributed by atoms with Crippen LogP contribution in [0.15, 0.2) is 36.5 Å². The Morgan fingerprint density at radius 3 is 2.69 bits per heavy atom. The van der Waals surface area contributed by atoms with E-state index in [0.717, 1.165) is 0 Å². The number of benzene rings is 1. The number of halogens is 1. The first kappa shape index (κ1) is 26.9. The third-order valence-corrected chi connectivity index (χ3v) is 5.84. The number of aromatic nitrogens is 1. The molecule has 0 unspecified atom stereocenters. The first-order chi connectivity index (χ1) is 17.1. The van der Waals surface area contributed by atoms with E-state index < -0.39 is 30.1 Å². The summed E-state index contributed by atoms with van der Waals surface area (Å²) in [6, 6.07) is 6.13. The highest BCUT2D eigenvalue weighted by Crippen LogP contribution is 2.27. The second-order valence-corrected chi connectivity index (χ2v) is 8.96. The predicted octanol–water partition coefficient (Wildman–Crippen LogP) is 2.34. The highest BCUT2D eigenvalue weighted by Gasteiger charge is 2.34. The number of likely N-dealkylation sites (N-methyl/N-ethyl adjacent to an activating group) is 1. The third-order valence-electron chi connectivity index (χ3n) is 5.84. The van der Waals surface area contributed by atoms with Gasteiger partial charge in [-0.3, -0.25) is 4.79 Å². The van der Waals surface area contributed by atoms with Gasteiger partial charge in [-0.05, 0) is 44.2 Å². The molecule has 0 saturated carbocycles. The van der Waals surface area contributed by atoms with E-state index in [9.17, 15) is 24.2 Å². The summed E-state index contributed by atoms with van der Waals surface area (Å²) >= 11 is 0. The summed E-state index contributed by atoms with van der Waals surface area (Å²) in [5.41, 5.74) is 1.07. The van der Waals surface area contributed by atoms with Gasteiger partial charge in [0, 0.05) is 37.0 Å². The van der Waals surface area contributed by atoms with Crippen molar-refractivity contribution in [2.75, 3.05) is 32.1 Å². The molecule has 3 N–H and O–H groups in total. The molecule has 192 valence electrons. The van der Waals surface area contributed by atoms with E-state index in [2.05, 4.69) is 22.1 Å². The van der Waals surface area contributed by atoms with Gasteiger partial charge in [0.05, 0.1) is 19.2 Å². The molecule has 0 aliphatic carbocycles. The molecule has 0 bridgehead atoms. The van der Waals surface area contributed by atoms with Crippen molar-refractivity contribution in [1.29, 1.82) is 0 Å². The van der Waals surface area contributed by atoms with Crippen LogP contribution >= 0.6 is 0 Å². The second kappa shape index (κ2) is 11.8. The van der Waals surface area contributed by atoms with Crippen molar-refractivity contribution in [3.63, 3.8) is 0 Å². The fourth-order valence-corrected chi connectivity index (χ4v) is 3.68. The number of hydrogen-bond acceptors (Lipinski definition) is 6. The minimum Gasteiger partial charge on any atom is -0.472 e. The van der Waals surface area contributed by atoms with Crippen LogP contribution in [-0.4, -0.2) is 81.9 Å². The fraction of sp³-hybridized carbons (Fsp3) is 0.423. The summed E-state index contributed by atoms with van der Waals surface area (Å²) in [5.74, 6) is 4.53. The summed E-state index contributed by atoms with van der Waals surface area (Å²) < 4.78 is 19.3. The highest BCUT2D eigenvalue weighted by molar-refractivity contribution is 5.97. The molecule has 1 aliphatic rings. The van der Waals surface area contributed by atoms with Gasteiger partial charge in [-0.25, -0.2) is 14.2 Å². The van der Waals surface area contributed by atoms with E-state index in [1.54, 1.807) is 24.9 Å². The normalized spacial score (nSPS) is 19.0. The van der Waals surface area contributed by atoms with Gasteiger partial charge in [-0.1, -0.05) is 18.8 Å². The fourth-order valence-electron chi connectivity index (χ4n) is 3.68. The molecular formula is C26H31FN4O5. The number of fused-ring (bicyclic) bond motifs is 1. The average Bonchev–Trinajstić information content (AvgIpc) is 2.85. The Balaban J connectivity index is 1.87. The van der Waals surface area contributed by atoms with Gasteiger partial charge in [-0.15, -0.1) is 0 Å². The second-order valence-electron chi connectivity index (χ2n) is 8.96. The predicted molar refractivity (Wildman–Crippen MR) is 132 cm³/mol. The molecule has 0 spiro atoms. The minimum absolute atomic E-state index is 0.0987. The minimum atomic E-state index is -0.841. The number of carbonyl (C=O) groups excluding carboxylic acids is 2. The molecule has 36 heavy (non-hydrogen) atoms. The molecule has 4 atom stereocenters. The third kappa shape index (κ3) is 6.71. The maximum atomic E-state index is 13.4. The molecule has 0 saturated heterocycles. The summed E-state index contributed by atoms with van der Waals surface area (Å²) in [4.78, 5) is 33.4. The lowest BCUT2D eigenvalue weighted by Gasteiger charge is -2.37. The zero-order valence-electron chi connectivity index (χ0n) is 20.7. The van der Waals surface area contributed by atoms with Gasteiger partial charge >= 0.3 is 6.03 Å². The van der Waals surface area contributed by atoms with Crippen molar-refractivity contribution in [3.8, 4) is 17.7 Å². The van der Waals surface area contributed by atoms with E-state index in [-0.39, 0.29) is 43.0 Å². The number of hydrogen-bond donors (Lipinski definition) is 3. The summed E-state index contributed by atoms with van der Waals surface area (Å²) in [6.45, 7) is 5.40. The number of anilines is 1. The number of pyridine rings is 1. The zero-order chi connectivity index (χ0) is 26.4. The number of aliphatic hydroxyl groups is 2.